The van der Waals surface area contributed by atoms with Gasteiger partial charge >= 0.3 is 0 Å². The monoisotopic (exact) mass is 340 g/mol. The van der Waals surface area contributed by atoms with Gasteiger partial charge in [-0.15, -0.1) is 0 Å². The molecule has 3 heteroatoms. The summed E-state index contributed by atoms with van der Waals surface area (Å²) in [5.74, 6) is 0.452. The lowest BCUT2D eigenvalue weighted by molar-refractivity contribution is 0.830. The molecule has 0 spiro atoms. The Balaban J connectivity index is 2.72. The SMILES string of the molecule is CCNc1cc(C(C)C)nc2c(I)cccc12. The number of aromatic nitrogens is 1. The molecular formula is C14H17IN2. The van der Waals surface area contributed by atoms with Crippen LogP contribution < -0.4 is 5.32 Å². The van der Waals surface area contributed by atoms with Gasteiger partial charge in [0, 0.05) is 26.9 Å². The van der Waals surface area contributed by atoms with E-state index < -0.39 is 0 Å². The molecule has 0 fully saturated rings. The quantitative estimate of drug-likeness (QED) is 0.838. The van der Waals surface area contributed by atoms with Gasteiger partial charge in [-0.1, -0.05) is 26.0 Å². The lowest BCUT2D eigenvalue weighted by atomic mass is 10.1. The van der Waals surface area contributed by atoms with Gasteiger partial charge in [-0.2, -0.15) is 0 Å². The maximum Gasteiger partial charge on any atom is 0.0859 e. The van der Waals surface area contributed by atoms with Crippen molar-refractivity contribution in [3.63, 3.8) is 0 Å². The van der Waals surface area contributed by atoms with E-state index in [1.165, 1.54) is 14.6 Å². The minimum Gasteiger partial charge on any atom is -0.385 e. The zero-order chi connectivity index (χ0) is 12.4. The second-order valence-corrected chi connectivity index (χ2v) is 5.58. The maximum absolute atomic E-state index is 4.77. The highest BCUT2D eigenvalue weighted by Crippen LogP contribution is 2.28. The van der Waals surface area contributed by atoms with Gasteiger partial charge in [0.25, 0.3) is 0 Å². The molecule has 2 aromatic rings. The molecule has 0 amide bonds. The Kier molecular flexibility index (Phi) is 3.86. The van der Waals surface area contributed by atoms with Crippen LogP contribution in [0.1, 0.15) is 32.4 Å². The van der Waals surface area contributed by atoms with Crippen molar-refractivity contribution >= 4 is 39.2 Å². The van der Waals surface area contributed by atoms with E-state index in [0.717, 1.165) is 17.8 Å². The number of rotatable bonds is 3. The molecule has 17 heavy (non-hydrogen) atoms. The molecule has 1 heterocycles. The Hall–Kier alpha value is -0.840. The minimum atomic E-state index is 0.452. The Morgan fingerprint density at radius 2 is 2.12 bits per heavy atom. The molecule has 0 saturated carbocycles. The van der Waals surface area contributed by atoms with Crippen LogP contribution in [0.15, 0.2) is 24.3 Å². The number of benzene rings is 1. The van der Waals surface area contributed by atoms with Crippen molar-refractivity contribution < 1.29 is 0 Å². The molecule has 1 aromatic heterocycles. The summed E-state index contributed by atoms with van der Waals surface area (Å²) < 4.78 is 1.21. The van der Waals surface area contributed by atoms with Crippen LogP contribution in [-0.4, -0.2) is 11.5 Å². The summed E-state index contributed by atoms with van der Waals surface area (Å²) >= 11 is 2.35. The first-order valence-electron chi connectivity index (χ1n) is 5.96. The maximum atomic E-state index is 4.77. The summed E-state index contributed by atoms with van der Waals surface area (Å²) in [6.07, 6.45) is 0. The summed E-state index contributed by atoms with van der Waals surface area (Å²) in [5, 5.41) is 4.64. The average Bonchev–Trinajstić information content (AvgIpc) is 2.30. The molecule has 1 N–H and O–H groups in total. The number of pyridine rings is 1. The first kappa shape index (κ1) is 12.6. The normalized spacial score (nSPS) is 11.1. The van der Waals surface area contributed by atoms with Gasteiger partial charge < -0.3 is 5.32 Å². The van der Waals surface area contributed by atoms with Gasteiger partial charge in [0.05, 0.1) is 5.52 Å². The number of halogens is 1. The van der Waals surface area contributed by atoms with Crippen LogP contribution in [0.4, 0.5) is 5.69 Å². The Morgan fingerprint density at radius 1 is 1.35 bits per heavy atom. The fourth-order valence-corrected chi connectivity index (χ4v) is 2.48. The summed E-state index contributed by atoms with van der Waals surface area (Å²) in [6, 6.07) is 8.50. The van der Waals surface area contributed by atoms with E-state index in [-0.39, 0.29) is 0 Å². The Bertz CT molecular complexity index is 535. The third kappa shape index (κ3) is 2.54. The second-order valence-electron chi connectivity index (χ2n) is 4.42. The molecule has 0 unspecified atom stereocenters. The van der Waals surface area contributed by atoms with Gasteiger partial charge in [0.2, 0.25) is 0 Å². The van der Waals surface area contributed by atoms with Crippen LogP contribution in [0.3, 0.4) is 0 Å². The van der Waals surface area contributed by atoms with Crippen LogP contribution in [0.5, 0.6) is 0 Å². The summed E-state index contributed by atoms with van der Waals surface area (Å²) in [5.41, 5.74) is 3.45. The molecule has 0 aliphatic heterocycles. The number of anilines is 1. The summed E-state index contributed by atoms with van der Waals surface area (Å²) in [7, 11) is 0. The van der Waals surface area contributed by atoms with Crippen molar-refractivity contribution in [1.29, 1.82) is 0 Å². The van der Waals surface area contributed by atoms with Crippen molar-refractivity contribution in [3.05, 3.63) is 33.5 Å². The molecule has 2 rings (SSSR count). The second kappa shape index (κ2) is 5.21. The minimum absolute atomic E-state index is 0.452. The van der Waals surface area contributed by atoms with E-state index in [9.17, 15) is 0 Å². The third-order valence-electron chi connectivity index (χ3n) is 2.77. The van der Waals surface area contributed by atoms with Crippen molar-refractivity contribution in [2.45, 2.75) is 26.7 Å². The predicted octanol–water partition coefficient (Wildman–Crippen LogP) is 4.39. The van der Waals surface area contributed by atoms with E-state index in [4.69, 9.17) is 4.98 Å². The molecule has 0 atom stereocenters. The van der Waals surface area contributed by atoms with Crippen LogP contribution in [0.25, 0.3) is 10.9 Å². The number of hydrogen-bond acceptors (Lipinski definition) is 2. The first-order valence-corrected chi connectivity index (χ1v) is 7.04. The number of para-hydroxylation sites is 1. The van der Waals surface area contributed by atoms with Gasteiger partial charge in [0.15, 0.2) is 0 Å². The largest absolute Gasteiger partial charge is 0.385 e. The molecule has 0 aliphatic rings. The summed E-state index contributed by atoms with van der Waals surface area (Å²) in [6.45, 7) is 7.41. The van der Waals surface area contributed by atoms with Gasteiger partial charge in [-0.05, 0) is 47.6 Å². The fourth-order valence-electron chi connectivity index (χ4n) is 1.87. The van der Waals surface area contributed by atoms with E-state index in [0.29, 0.717) is 5.92 Å². The van der Waals surface area contributed by atoms with Crippen LogP contribution in [0.2, 0.25) is 0 Å². The smallest absolute Gasteiger partial charge is 0.0859 e. The highest BCUT2D eigenvalue weighted by Gasteiger charge is 2.09. The molecule has 0 radical (unpaired) electrons. The zero-order valence-corrected chi connectivity index (χ0v) is 12.6. The van der Waals surface area contributed by atoms with E-state index in [2.05, 4.69) is 72.9 Å². The van der Waals surface area contributed by atoms with Crippen molar-refractivity contribution in [3.8, 4) is 0 Å². The zero-order valence-electron chi connectivity index (χ0n) is 10.4. The van der Waals surface area contributed by atoms with Crippen molar-refractivity contribution in [2.75, 3.05) is 11.9 Å². The van der Waals surface area contributed by atoms with Crippen LogP contribution in [-0.2, 0) is 0 Å². The van der Waals surface area contributed by atoms with E-state index in [1.54, 1.807) is 0 Å². The molecule has 0 bridgehead atoms. The molecule has 0 aliphatic carbocycles. The van der Waals surface area contributed by atoms with Crippen LogP contribution >= 0.6 is 22.6 Å². The average molecular weight is 340 g/mol. The first-order chi connectivity index (χ1) is 8.13. The standard InChI is InChI=1S/C14H17IN2/c1-4-16-13-8-12(9(2)3)17-14-10(13)6-5-7-11(14)15/h5-9H,4H2,1-3H3,(H,16,17). The third-order valence-corrected chi connectivity index (χ3v) is 3.64. The predicted molar refractivity (Wildman–Crippen MR) is 82.7 cm³/mol. The Morgan fingerprint density at radius 3 is 2.76 bits per heavy atom. The van der Waals surface area contributed by atoms with E-state index in [1.807, 2.05) is 0 Å². The summed E-state index contributed by atoms with van der Waals surface area (Å²) in [4.78, 5) is 4.77. The topological polar surface area (TPSA) is 24.9 Å². The molecule has 2 nitrogen and oxygen atoms in total. The highest BCUT2D eigenvalue weighted by molar-refractivity contribution is 14.1. The molecule has 90 valence electrons. The lowest BCUT2D eigenvalue weighted by Gasteiger charge is -2.13. The van der Waals surface area contributed by atoms with Crippen molar-refractivity contribution in [1.82, 2.24) is 4.98 Å². The van der Waals surface area contributed by atoms with Crippen LogP contribution in [0, 0.1) is 3.57 Å². The van der Waals surface area contributed by atoms with Crippen molar-refractivity contribution in [2.24, 2.45) is 0 Å². The van der Waals surface area contributed by atoms with Gasteiger partial charge in [-0.25, -0.2) is 0 Å². The Labute approximate surface area is 116 Å². The number of fused-ring (bicyclic) bond motifs is 1. The van der Waals surface area contributed by atoms with Gasteiger partial charge in [-0.3, -0.25) is 4.98 Å². The number of hydrogen-bond donors (Lipinski definition) is 1. The number of nitrogens with one attached hydrogen (secondary N) is 1. The molecular weight excluding hydrogens is 323 g/mol. The number of nitrogens with zero attached hydrogens (tertiary/aromatic N) is 1. The highest BCUT2D eigenvalue weighted by atomic mass is 127. The fraction of sp³-hybridized carbons (Fsp3) is 0.357. The van der Waals surface area contributed by atoms with Gasteiger partial charge in [0.1, 0.15) is 0 Å². The molecule has 1 aromatic carbocycles. The molecule has 0 saturated heterocycles. The van der Waals surface area contributed by atoms with E-state index >= 15 is 0 Å². The lowest BCUT2D eigenvalue weighted by Crippen LogP contribution is -2.02.